The normalized spacial score (nSPS) is 17.0. The molecule has 0 radical (unpaired) electrons. The second-order valence-corrected chi connectivity index (χ2v) is 7.09. The molecule has 1 aliphatic heterocycles. The largest absolute Gasteiger partial charge is 0.359 e. The summed E-state index contributed by atoms with van der Waals surface area (Å²) in [5, 5.41) is 17.6. The number of hydrogen-bond donors (Lipinski definition) is 1. The Bertz CT molecular complexity index is 721. The first-order valence-electron chi connectivity index (χ1n) is 6.70. The highest BCUT2D eigenvalue weighted by Gasteiger charge is 2.39. The van der Waals surface area contributed by atoms with Crippen molar-refractivity contribution < 1.29 is 17.9 Å². The molecule has 2 aromatic rings. The standard InChI is InChI=1S/C13H15N3O4S/c17-16-12(10-4-2-1-3-5-10)13(15-20-16)21(18,19)11-6-8-14-9-7-11/h1-5,11,14H,6-9H2. The molecule has 0 atom stereocenters. The van der Waals surface area contributed by atoms with E-state index in [9.17, 15) is 13.6 Å². The van der Waals surface area contributed by atoms with Crippen molar-refractivity contribution in [3.63, 3.8) is 0 Å². The monoisotopic (exact) mass is 309 g/mol. The summed E-state index contributed by atoms with van der Waals surface area (Å²) in [4.78, 5) is 0.156. The summed E-state index contributed by atoms with van der Waals surface area (Å²) in [5.41, 5.74) is 0.426. The Morgan fingerprint density at radius 2 is 1.90 bits per heavy atom. The summed E-state index contributed by atoms with van der Waals surface area (Å²) in [6.45, 7) is 1.28. The molecule has 0 amide bonds. The van der Waals surface area contributed by atoms with Crippen molar-refractivity contribution in [1.29, 1.82) is 0 Å². The molecule has 0 bridgehead atoms. The van der Waals surface area contributed by atoms with E-state index in [0.717, 1.165) is 0 Å². The van der Waals surface area contributed by atoms with Gasteiger partial charge in [-0.05, 0) is 30.8 Å². The molecule has 0 saturated carbocycles. The predicted octanol–water partition coefficient (Wildman–Crippen LogP) is 0.501. The molecule has 1 saturated heterocycles. The minimum Gasteiger partial charge on any atom is -0.359 e. The van der Waals surface area contributed by atoms with Crippen molar-refractivity contribution in [3.05, 3.63) is 35.5 Å². The maximum Gasteiger partial charge on any atom is 0.339 e. The first-order chi connectivity index (χ1) is 10.1. The number of hydrogen-bond acceptors (Lipinski definition) is 6. The van der Waals surface area contributed by atoms with Gasteiger partial charge in [-0.2, -0.15) is 0 Å². The van der Waals surface area contributed by atoms with Crippen LogP contribution in [0.5, 0.6) is 0 Å². The van der Waals surface area contributed by atoms with E-state index in [-0.39, 0.29) is 15.6 Å². The fraction of sp³-hybridized carbons (Fsp3) is 0.385. The molecule has 1 aromatic carbocycles. The van der Waals surface area contributed by atoms with Gasteiger partial charge >= 0.3 is 5.03 Å². The summed E-state index contributed by atoms with van der Waals surface area (Å²) >= 11 is 0. The first-order valence-corrected chi connectivity index (χ1v) is 8.25. The third kappa shape index (κ3) is 2.52. The van der Waals surface area contributed by atoms with E-state index in [1.807, 2.05) is 0 Å². The molecule has 3 rings (SSSR count). The van der Waals surface area contributed by atoms with Gasteiger partial charge in [-0.25, -0.2) is 8.42 Å². The van der Waals surface area contributed by atoms with Crippen LogP contribution in [0.1, 0.15) is 12.8 Å². The Kier molecular flexibility index (Phi) is 3.64. The van der Waals surface area contributed by atoms with Gasteiger partial charge in [0, 0.05) is 5.56 Å². The van der Waals surface area contributed by atoms with Crippen molar-refractivity contribution >= 4 is 9.84 Å². The maximum atomic E-state index is 12.7. The van der Waals surface area contributed by atoms with E-state index < -0.39 is 15.1 Å². The molecule has 2 heterocycles. The molecule has 1 fully saturated rings. The number of rotatable bonds is 3. The van der Waals surface area contributed by atoms with E-state index in [2.05, 4.69) is 15.1 Å². The quantitative estimate of drug-likeness (QED) is 0.829. The van der Waals surface area contributed by atoms with Crippen LogP contribution in [-0.4, -0.2) is 31.9 Å². The minimum absolute atomic E-state index is 0.0471. The van der Waals surface area contributed by atoms with Gasteiger partial charge < -0.3 is 10.5 Å². The van der Waals surface area contributed by atoms with Crippen molar-refractivity contribution in [2.24, 2.45) is 0 Å². The van der Waals surface area contributed by atoms with Crippen LogP contribution < -0.4 is 10.2 Å². The van der Waals surface area contributed by atoms with Crippen molar-refractivity contribution in [2.75, 3.05) is 13.1 Å². The summed E-state index contributed by atoms with van der Waals surface area (Å²) in [6, 6.07) is 8.55. The van der Waals surface area contributed by atoms with Crippen molar-refractivity contribution in [3.8, 4) is 11.3 Å². The van der Waals surface area contributed by atoms with Crippen LogP contribution >= 0.6 is 0 Å². The van der Waals surface area contributed by atoms with E-state index in [1.54, 1.807) is 30.3 Å². The minimum atomic E-state index is -3.69. The lowest BCUT2D eigenvalue weighted by Gasteiger charge is -2.20. The molecule has 0 aliphatic carbocycles. The molecule has 0 spiro atoms. The van der Waals surface area contributed by atoms with Crippen LogP contribution in [-0.2, 0) is 9.84 Å². The second-order valence-electron chi connectivity index (χ2n) is 4.94. The van der Waals surface area contributed by atoms with E-state index in [0.29, 0.717) is 31.5 Å². The van der Waals surface area contributed by atoms with Crippen LogP contribution in [0.25, 0.3) is 11.3 Å². The molecule has 1 aromatic heterocycles. The summed E-state index contributed by atoms with van der Waals surface area (Å²) in [6.07, 6.45) is 1.00. The number of nitrogens with one attached hydrogen (secondary N) is 1. The van der Waals surface area contributed by atoms with Crippen LogP contribution in [0.2, 0.25) is 0 Å². The number of benzene rings is 1. The topological polar surface area (TPSA) is 99.1 Å². The lowest BCUT2D eigenvalue weighted by molar-refractivity contribution is -0.793. The lowest BCUT2D eigenvalue weighted by atomic mass is 10.2. The second kappa shape index (κ2) is 5.45. The van der Waals surface area contributed by atoms with E-state index in [1.165, 1.54) is 0 Å². The third-order valence-corrected chi connectivity index (χ3v) is 5.78. The van der Waals surface area contributed by atoms with Crippen LogP contribution in [0.4, 0.5) is 0 Å². The lowest BCUT2D eigenvalue weighted by Crippen LogP contribution is -2.36. The molecule has 1 N–H and O–H groups in total. The van der Waals surface area contributed by atoms with Crippen LogP contribution in [0.15, 0.2) is 40.0 Å². The highest BCUT2D eigenvalue weighted by atomic mass is 32.2. The molecular weight excluding hydrogens is 294 g/mol. The number of aromatic nitrogens is 2. The number of sulfone groups is 1. The van der Waals surface area contributed by atoms with Crippen LogP contribution in [0.3, 0.4) is 0 Å². The maximum absolute atomic E-state index is 12.7. The first kappa shape index (κ1) is 14.0. The van der Waals surface area contributed by atoms with Gasteiger partial charge in [0.15, 0.2) is 0 Å². The fourth-order valence-corrected chi connectivity index (χ4v) is 4.28. The Labute approximate surface area is 122 Å². The van der Waals surface area contributed by atoms with Crippen molar-refractivity contribution in [1.82, 2.24) is 10.5 Å². The zero-order chi connectivity index (χ0) is 14.9. The van der Waals surface area contributed by atoms with Crippen molar-refractivity contribution in [2.45, 2.75) is 23.1 Å². The smallest absolute Gasteiger partial charge is 0.339 e. The van der Waals surface area contributed by atoms with Gasteiger partial charge in [0.05, 0.1) is 10.4 Å². The fourth-order valence-electron chi connectivity index (χ4n) is 2.51. The molecule has 8 heteroatoms. The molecule has 21 heavy (non-hydrogen) atoms. The van der Waals surface area contributed by atoms with E-state index in [4.69, 9.17) is 0 Å². The predicted molar refractivity (Wildman–Crippen MR) is 74.0 cm³/mol. The molecular formula is C13H15N3O4S. The molecule has 1 aliphatic rings. The average Bonchev–Trinajstić information content (AvgIpc) is 2.91. The number of piperidine rings is 1. The molecule has 7 nitrogen and oxygen atoms in total. The Hall–Kier alpha value is -1.93. The van der Waals surface area contributed by atoms with Gasteiger partial charge in [-0.3, -0.25) is 4.63 Å². The highest BCUT2D eigenvalue weighted by Crippen LogP contribution is 2.28. The van der Waals surface area contributed by atoms with Crippen LogP contribution in [0, 0.1) is 5.21 Å². The van der Waals surface area contributed by atoms with E-state index >= 15 is 0 Å². The SMILES string of the molecule is O=S(=O)(c1no[n+]([O-])c1-c1ccccc1)C1CCNCC1. The summed E-state index contributed by atoms with van der Waals surface area (Å²) < 4.78 is 29.9. The Morgan fingerprint density at radius 3 is 2.57 bits per heavy atom. The molecule has 0 unspecified atom stereocenters. The summed E-state index contributed by atoms with van der Waals surface area (Å²) in [7, 11) is -3.69. The van der Waals surface area contributed by atoms with Gasteiger partial charge in [0.1, 0.15) is 0 Å². The average molecular weight is 309 g/mol. The number of nitrogens with zero attached hydrogens (tertiary/aromatic N) is 2. The third-order valence-electron chi connectivity index (χ3n) is 3.62. The van der Waals surface area contributed by atoms with Gasteiger partial charge in [0.25, 0.3) is 0 Å². The van der Waals surface area contributed by atoms with Gasteiger partial charge in [-0.15, -0.1) is 0 Å². The zero-order valence-corrected chi connectivity index (χ0v) is 12.0. The Balaban J connectivity index is 2.07. The Morgan fingerprint density at radius 1 is 1.24 bits per heavy atom. The van der Waals surface area contributed by atoms with Gasteiger partial charge in [-0.1, -0.05) is 30.3 Å². The van der Waals surface area contributed by atoms with Gasteiger partial charge in [0.2, 0.25) is 15.5 Å². The zero-order valence-electron chi connectivity index (χ0n) is 11.2. The highest BCUT2D eigenvalue weighted by molar-refractivity contribution is 7.92. The summed E-state index contributed by atoms with van der Waals surface area (Å²) in [5.74, 6) is 0. The molecule has 112 valence electrons.